The maximum absolute atomic E-state index is 3.87. The molecule has 0 aromatic carbocycles. The van der Waals surface area contributed by atoms with E-state index < -0.39 is 0 Å². The molecule has 2 N–H and O–H groups in total. The first-order chi connectivity index (χ1) is 5.68. The molecule has 68 valence electrons. The van der Waals surface area contributed by atoms with E-state index >= 15 is 0 Å². The van der Waals surface area contributed by atoms with E-state index in [4.69, 9.17) is 0 Å². The first-order valence-corrected chi connectivity index (χ1v) is 4.31. The lowest BCUT2D eigenvalue weighted by Crippen LogP contribution is -2.17. The van der Waals surface area contributed by atoms with Gasteiger partial charge in [-0.3, -0.25) is 0 Å². The van der Waals surface area contributed by atoms with Gasteiger partial charge in [-0.2, -0.15) is 0 Å². The van der Waals surface area contributed by atoms with Gasteiger partial charge in [-0.15, -0.1) is 0 Å². The molecule has 12 heavy (non-hydrogen) atoms. The first kappa shape index (κ1) is 10.9. The summed E-state index contributed by atoms with van der Waals surface area (Å²) in [6, 6.07) is 2.83. The number of hydrogen-bond donors (Lipinski definition) is 2. The Hall–Kier alpha value is -1.10. The molecule has 0 aliphatic heterocycles. The maximum Gasteiger partial charge on any atom is 0.0781 e. The van der Waals surface area contributed by atoms with Crippen LogP contribution in [0.4, 0.5) is 0 Å². The number of rotatable bonds is 4. The standard InChI is InChI=1S/C10H18N2/c1-5-11-7-6-8-12-10(4)9(2)3/h9,11-12H,4-5,8H2,1-3H3. The smallest absolute Gasteiger partial charge is 0.0781 e. The van der Waals surface area contributed by atoms with Crippen molar-refractivity contribution in [2.45, 2.75) is 20.8 Å². The van der Waals surface area contributed by atoms with Crippen molar-refractivity contribution >= 4 is 0 Å². The van der Waals surface area contributed by atoms with E-state index in [0.29, 0.717) is 12.5 Å². The molecule has 0 fully saturated rings. The Labute approximate surface area is 75.4 Å². The average Bonchev–Trinajstić information content (AvgIpc) is 2.03. The van der Waals surface area contributed by atoms with Crippen molar-refractivity contribution in [3.05, 3.63) is 12.3 Å². The zero-order valence-corrected chi connectivity index (χ0v) is 8.20. The topological polar surface area (TPSA) is 24.1 Å². The quantitative estimate of drug-likeness (QED) is 0.486. The molecule has 0 atom stereocenters. The summed E-state index contributed by atoms with van der Waals surface area (Å²) < 4.78 is 0. The van der Waals surface area contributed by atoms with Gasteiger partial charge in [-0.05, 0) is 12.8 Å². The third-order valence-electron chi connectivity index (χ3n) is 1.45. The Morgan fingerprint density at radius 2 is 2.17 bits per heavy atom. The summed E-state index contributed by atoms with van der Waals surface area (Å²) in [7, 11) is 0. The molecule has 0 saturated carbocycles. The summed E-state index contributed by atoms with van der Waals surface area (Å²) in [6.07, 6.45) is 0. The van der Waals surface area contributed by atoms with Gasteiger partial charge < -0.3 is 10.6 Å². The fourth-order valence-corrected chi connectivity index (χ4v) is 0.557. The fraction of sp³-hybridized carbons (Fsp3) is 0.600. The van der Waals surface area contributed by atoms with Crippen LogP contribution in [0.5, 0.6) is 0 Å². The van der Waals surface area contributed by atoms with Gasteiger partial charge in [0.05, 0.1) is 6.54 Å². The molecule has 0 saturated heterocycles. The average molecular weight is 166 g/mol. The Morgan fingerprint density at radius 3 is 2.67 bits per heavy atom. The van der Waals surface area contributed by atoms with E-state index in [2.05, 4.69) is 43.0 Å². The van der Waals surface area contributed by atoms with E-state index in [-0.39, 0.29) is 0 Å². The van der Waals surface area contributed by atoms with E-state index in [1.807, 2.05) is 6.92 Å². The van der Waals surface area contributed by atoms with Crippen molar-refractivity contribution < 1.29 is 0 Å². The summed E-state index contributed by atoms with van der Waals surface area (Å²) in [5, 5.41) is 6.05. The first-order valence-electron chi connectivity index (χ1n) is 4.31. The summed E-state index contributed by atoms with van der Waals surface area (Å²) in [4.78, 5) is 0. The molecule has 0 aromatic rings. The molecule has 0 rings (SSSR count). The van der Waals surface area contributed by atoms with Gasteiger partial charge in [-0.1, -0.05) is 26.3 Å². The largest absolute Gasteiger partial charge is 0.378 e. The summed E-state index contributed by atoms with van der Waals surface area (Å²) in [5.41, 5.74) is 1.04. The van der Waals surface area contributed by atoms with E-state index in [0.717, 1.165) is 12.2 Å². The molecule has 0 aliphatic carbocycles. The molecule has 2 nitrogen and oxygen atoms in total. The highest BCUT2D eigenvalue weighted by Crippen LogP contribution is 2.00. The summed E-state index contributed by atoms with van der Waals surface area (Å²) in [6.45, 7) is 11.7. The fourth-order valence-electron chi connectivity index (χ4n) is 0.557. The van der Waals surface area contributed by atoms with E-state index in [9.17, 15) is 0 Å². The minimum Gasteiger partial charge on any atom is -0.378 e. The SMILES string of the molecule is C=C(NCC#CNCC)C(C)C. The van der Waals surface area contributed by atoms with Gasteiger partial charge in [0.15, 0.2) is 0 Å². The highest BCUT2D eigenvalue weighted by molar-refractivity contribution is 5.03. The van der Waals surface area contributed by atoms with Crippen LogP contribution in [-0.2, 0) is 0 Å². The monoisotopic (exact) mass is 166 g/mol. The molecule has 0 radical (unpaired) electrons. The van der Waals surface area contributed by atoms with Crippen molar-refractivity contribution in [2.24, 2.45) is 5.92 Å². The van der Waals surface area contributed by atoms with Gasteiger partial charge in [0, 0.05) is 18.3 Å². The molecular formula is C10H18N2. The highest BCUT2D eigenvalue weighted by atomic mass is 14.9. The van der Waals surface area contributed by atoms with Gasteiger partial charge in [0.2, 0.25) is 0 Å². The van der Waals surface area contributed by atoms with Crippen LogP contribution in [0, 0.1) is 17.9 Å². The second kappa shape index (κ2) is 6.60. The van der Waals surface area contributed by atoms with Gasteiger partial charge in [0.1, 0.15) is 0 Å². The van der Waals surface area contributed by atoms with Crippen LogP contribution in [-0.4, -0.2) is 13.1 Å². The number of hydrogen-bond acceptors (Lipinski definition) is 2. The molecule has 0 heterocycles. The molecular weight excluding hydrogens is 148 g/mol. The predicted molar refractivity (Wildman–Crippen MR) is 53.4 cm³/mol. The predicted octanol–water partition coefficient (Wildman–Crippen LogP) is 1.32. The van der Waals surface area contributed by atoms with Crippen LogP contribution in [0.3, 0.4) is 0 Å². The normalized spacial score (nSPS) is 8.67. The molecule has 0 spiro atoms. The van der Waals surface area contributed by atoms with Crippen molar-refractivity contribution in [3.8, 4) is 12.0 Å². The van der Waals surface area contributed by atoms with Gasteiger partial charge in [0.25, 0.3) is 0 Å². The summed E-state index contributed by atoms with van der Waals surface area (Å²) in [5.74, 6) is 3.42. The van der Waals surface area contributed by atoms with Gasteiger partial charge in [-0.25, -0.2) is 0 Å². The van der Waals surface area contributed by atoms with Crippen molar-refractivity contribution in [1.82, 2.24) is 10.6 Å². The lowest BCUT2D eigenvalue weighted by Gasteiger charge is -2.08. The van der Waals surface area contributed by atoms with Crippen LogP contribution in [0.25, 0.3) is 0 Å². The third-order valence-corrected chi connectivity index (χ3v) is 1.45. The Balaban J connectivity index is 3.45. The Morgan fingerprint density at radius 1 is 1.50 bits per heavy atom. The van der Waals surface area contributed by atoms with E-state index in [1.165, 1.54) is 0 Å². The lowest BCUT2D eigenvalue weighted by molar-refractivity contribution is 0.688. The van der Waals surface area contributed by atoms with Crippen LogP contribution in [0.1, 0.15) is 20.8 Å². The van der Waals surface area contributed by atoms with Crippen LogP contribution < -0.4 is 10.6 Å². The molecule has 0 amide bonds. The Bertz CT molecular complexity index is 184. The van der Waals surface area contributed by atoms with Gasteiger partial charge >= 0.3 is 0 Å². The zero-order valence-electron chi connectivity index (χ0n) is 8.20. The van der Waals surface area contributed by atoms with Crippen molar-refractivity contribution in [2.75, 3.05) is 13.1 Å². The lowest BCUT2D eigenvalue weighted by atomic mass is 10.1. The van der Waals surface area contributed by atoms with Crippen LogP contribution >= 0.6 is 0 Å². The van der Waals surface area contributed by atoms with Crippen molar-refractivity contribution in [3.63, 3.8) is 0 Å². The molecule has 0 bridgehead atoms. The number of allylic oxidation sites excluding steroid dienone is 1. The van der Waals surface area contributed by atoms with Crippen molar-refractivity contribution in [1.29, 1.82) is 0 Å². The second-order valence-electron chi connectivity index (χ2n) is 2.87. The zero-order chi connectivity index (χ0) is 9.40. The third kappa shape index (κ3) is 5.67. The van der Waals surface area contributed by atoms with Crippen LogP contribution in [0.2, 0.25) is 0 Å². The molecule has 0 aromatic heterocycles. The molecule has 2 heteroatoms. The minimum absolute atomic E-state index is 0.478. The highest BCUT2D eigenvalue weighted by Gasteiger charge is 1.95. The minimum atomic E-state index is 0.478. The van der Waals surface area contributed by atoms with E-state index in [1.54, 1.807) is 0 Å². The molecule has 0 unspecified atom stereocenters. The molecule has 0 aliphatic rings. The number of nitrogens with one attached hydrogen (secondary N) is 2. The van der Waals surface area contributed by atoms with Crippen LogP contribution in [0.15, 0.2) is 12.3 Å². The Kier molecular flexibility index (Phi) is 6.00. The second-order valence-corrected chi connectivity index (χ2v) is 2.87. The summed E-state index contributed by atoms with van der Waals surface area (Å²) >= 11 is 0. The maximum atomic E-state index is 3.87.